The minimum Gasteiger partial charge on any atom is -0.466 e. The predicted molar refractivity (Wildman–Crippen MR) is 235 cm³/mol. The van der Waals surface area contributed by atoms with Crippen LogP contribution in [0.2, 0.25) is 0 Å². The van der Waals surface area contributed by atoms with E-state index < -0.39 is 0 Å². The molecule has 0 saturated carbocycles. The van der Waals surface area contributed by atoms with Crippen LogP contribution in [0, 0.1) is 0 Å². The summed E-state index contributed by atoms with van der Waals surface area (Å²) in [6.45, 7) is 5.23. The summed E-state index contributed by atoms with van der Waals surface area (Å²) in [5.74, 6) is 0.0313. The predicted octanol–water partition coefficient (Wildman–Crippen LogP) is 18.5. The number of hydrogen-bond donors (Lipinski definition) is 0. The lowest BCUT2D eigenvalue weighted by atomic mass is 10.0. The molecule has 0 bridgehead atoms. The van der Waals surface area contributed by atoms with E-state index in [1.54, 1.807) is 0 Å². The molecule has 0 aliphatic rings. The number of rotatable bonds is 47. The Hall–Kier alpha value is -0.530. The fourth-order valence-electron chi connectivity index (χ4n) is 8.02. The molecule has 0 aromatic rings. The molecule has 0 unspecified atom stereocenters. The summed E-state index contributed by atoms with van der Waals surface area (Å²) in [5.41, 5.74) is 0. The van der Waals surface area contributed by atoms with Crippen LogP contribution < -0.4 is 0 Å². The maximum atomic E-state index is 12.0. The van der Waals surface area contributed by atoms with Gasteiger partial charge in [-0.2, -0.15) is 0 Å². The normalized spacial score (nSPS) is 11.5. The van der Waals surface area contributed by atoms with Gasteiger partial charge in [0.25, 0.3) is 0 Å². The van der Waals surface area contributed by atoms with Gasteiger partial charge in [0.2, 0.25) is 0 Å². The van der Waals surface area contributed by atoms with Crippen molar-refractivity contribution in [3.05, 3.63) is 0 Å². The molecule has 0 N–H and O–H groups in total. The molecule has 0 aromatic heterocycles. The molecular formula is C50H100O2. The summed E-state index contributed by atoms with van der Waals surface area (Å²) in [6.07, 6.45) is 64.0. The van der Waals surface area contributed by atoms with Crippen LogP contribution in [0.3, 0.4) is 0 Å². The first kappa shape index (κ1) is 51.5. The first-order valence-electron chi connectivity index (χ1n) is 25.0. The fourth-order valence-corrected chi connectivity index (χ4v) is 8.02. The highest BCUT2D eigenvalue weighted by Crippen LogP contribution is 2.18. The van der Waals surface area contributed by atoms with Crippen molar-refractivity contribution in [1.29, 1.82) is 0 Å². The molecule has 0 heterocycles. The highest BCUT2D eigenvalue weighted by Gasteiger charge is 2.03. The minimum atomic E-state index is 0.0313. The summed E-state index contributed by atoms with van der Waals surface area (Å²) in [4.78, 5) is 12.0. The van der Waals surface area contributed by atoms with Crippen LogP contribution in [0.4, 0.5) is 0 Å². The Morgan fingerprint density at radius 1 is 0.250 bits per heavy atom. The van der Waals surface area contributed by atoms with Crippen LogP contribution in [-0.4, -0.2) is 12.6 Å². The number of esters is 1. The number of hydrogen-bond acceptors (Lipinski definition) is 2. The molecule has 52 heavy (non-hydrogen) atoms. The Labute approximate surface area is 330 Å². The second kappa shape index (κ2) is 48.5. The van der Waals surface area contributed by atoms with E-state index in [0.717, 1.165) is 12.8 Å². The van der Waals surface area contributed by atoms with Crippen molar-refractivity contribution in [2.75, 3.05) is 6.61 Å². The van der Waals surface area contributed by atoms with Gasteiger partial charge in [-0.25, -0.2) is 0 Å². The van der Waals surface area contributed by atoms with Crippen molar-refractivity contribution in [2.45, 2.75) is 309 Å². The first-order valence-corrected chi connectivity index (χ1v) is 25.0. The average Bonchev–Trinajstić information content (AvgIpc) is 3.15. The molecule has 0 aromatic carbocycles. The van der Waals surface area contributed by atoms with Crippen LogP contribution in [0.25, 0.3) is 0 Å². The third-order valence-electron chi connectivity index (χ3n) is 11.7. The second-order valence-corrected chi connectivity index (χ2v) is 17.2. The molecule has 0 spiro atoms. The Kier molecular flexibility index (Phi) is 48.0. The number of carbonyl (C=O) groups excluding carboxylic acids is 1. The summed E-state index contributed by atoms with van der Waals surface area (Å²) in [7, 11) is 0. The Morgan fingerprint density at radius 2 is 0.423 bits per heavy atom. The van der Waals surface area contributed by atoms with Gasteiger partial charge in [0.05, 0.1) is 6.61 Å². The lowest BCUT2D eigenvalue weighted by Gasteiger charge is -2.06. The molecule has 0 saturated heterocycles. The molecule has 0 fully saturated rings. The van der Waals surface area contributed by atoms with E-state index in [4.69, 9.17) is 4.74 Å². The third-order valence-corrected chi connectivity index (χ3v) is 11.7. The zero-order valence-corrected chi connectivity index (χ0v) is 36.6. The van der Waals surface area contributed by atoms with E-state index in [0.29, 0.717) is 13.0 Å². The van der Waals surface area contributed by atoms with Crippen LogP contribution in [0.1, 0.15) is 309 Å². The lowest BCUT2D eigenvalue weighted by Crippen LogP contribution is -2.05. The monoisotopic (exact) mass is 733 g/mol. The van der Waals surface area contributed by atoms with Gasteiger partial charge in [0, 0.05) is 6.42 Å². The standard InChI is InChI=1S/C50H100O2/c1-3-5-7-9-11-13-15-17-18-19-20-21-22-23-24-25-26-27-28-29-30-31-32-33-34-35-36-37-38-40-42-44-46-48-50(51)52-49-47-45-43-41-39-16-14-12-10-8-6-4-2/h3-49H2,1-2H3. The van der Waals surface area contributed by atoms with Crippen molar-refractivity contribution in [2.24, 2.45) is 0 Å². The van der Waals surface area contributed by atoms with Gasteiger partial charge < -0.3 is 4.74 Å². The Bertz CT molecular complexity index is 630. The molecule has 2 nitrogen and oxygen atoms in total. The van der Waals surface area contributed by atoms with E-state index in [1.807, 2.05) is 0 Å². The van der Waals surface area contributed by atoms with Crippen LogP contribution >= 0.6 is 0 Å². The molecular weight excluding hydrogens is 633 g/mol. The van der Waals surface area contributed by atoms with Crippen LogP contribution in [-0.2, 0) is 9.53 Å². The van der Waals surface area contributed by atoms with Crippen molar-refractivity contribution in [3.63, 3.8) is 0 Å². The van der Waals surface area contributed by atoms with Crippen molar-refractivity contribution >= 4 is 5.97 Å². The maximum Gasteiger partial charge on any atom is 0.305 e. The second-order valence-electron chi connectivity index (χ2n) is 17.2. The zero-order chi connectivity index (χ0) is 37.5. The molecule has 312 valence electrons. The van der Waals surface area contributed by atoms with E-state index in [2.05, 4.69) is 13.8 Å². The van der Waals surface area contributed by atoms with E-state index >= 15 is 0 Å². The molecule has 0 aliphatic heterocycles. The van der Waals surface area contributed by atoms with E-state index in [1.165, 1.54) is 276 Å². The van der Waals surface area contributed by atoms with Gasteiger partial charge in [-0.15, -0.1) is 0 Å². The zero-order valence-electron chi connectivity index (χ0n) is 36.6. The van der Waals surface area contributed by atoms with Crippen molar-refractivity contribution in [1.82, 2.24) is 0 Å². The number of ether oxygens (including phenoxy) is 1. The van der Waals surface area contributed by atoms with Crippen molar-refractivity contribution in [3.8, 4) is 0 Å². The van der Waals surface area contributed by atoms with Gasteiger partial charge in [-0.1, -0.05) is 290 Å². The molecule has 0 amide bonds. The third kappa shape index (κ3) is 47.5. The Morgan fingerprint density at radius 3 is 0.635 bits per heavy atom. The molecule has 0 rings (SSSR count). The van der Waals surface area contributed by atoms with E-state index in [-0.39, 0.29) is 5.97 Å². The first-order chi connectivity index (χ1) is 25.8. The summed E-state index contributed by atoms with van der Waals surface area (Å²) in [6, 6.07) is 0. The molecule has 0 radical (unpaired) electrons. The summed E-state index contributed by atoms with van der Waals surface area (Å²) >= 11 is 0. The van der Waals surface area contributed by atoms with Gasteiger partial charge in [-0.3, -0.25) is 4.79 Å². The van der Waals surface area contributed by atoms with Gasteiger partial charge in [0.1, 0.15) is 0 Å². The van der Waals surface area contributed by atoms with Crippen LogP contribution in [0.15, 0.2) is 0 Å². The highest BCUT2D eigenvalue weighted by molar-refractivity contribution is 5.69. The number of unbranched alkanes of at least 4 members (excludes halogenated alkanes) is 43. The molecule has 0 atom stereocenters. The number of carbonyl (C=O) groups is 1. The molecule has 2 heteroatoms. The summed E-state index contributed by atoms with van der Waals surface area (Å²) in [5, 5.41) is 0. The van der Waals surface area contributed by atoms with Gasteiger partial charge >= 0.3 is 5.97 Å². The lowest BCUT2D eigenvalue weighted by molar-refractivity contribution is -0.143. The topological polar surface area (TPSA) is 26.3 Å². The Balaban J connectivity index is 3.12. The highest BCUT2D eigenvalue weighted by atomic mass is 16.5. The molecule has 0 aliphatic carbocycles. The summed E-state index contributed by atoms with van der Waals surface area (Å²) < 4.78 is 5.46. The van der Waals surface area contributed by atoms with E-state index in [9.17, 15) is 4.79 Å². The fraction of sp³-hybridized carbons (Fsp3) is 0.980. The SMILES string of the molecule is CCCCCCCCCCCCCCCCCCCCCCCCCCCCCCCCCCCC(=O)OCCCCCCCCCCCCCC. The smallest absolute Gasteiger partial charge is 0.305 e. The van der Waals surface area contributed by atoms with Crippen molar-refractivity contribution < 1.29 is 9.53 Å². The minimum absolute atomic E-state index is 0.0313. The maximum absolute atomic E-state index is 12.0. The average molecular weight is 733 g/mol. The quantitative estimate of drug-likeness (QED) is 0.0460. The van der Waals surface area contributed by atoms with Crippen LogP contribution in [0.5, 0.6) is 0 Å². The van der Waals surface area contributed by atoms with Gasteiger partial charge in [-0.05, 0) is 12.8 Å². The largest absolute Gasteiger partial charge is 0.466 e. The van der Waals surface area contributed by atoms with Gasteiger partial charge in [0.15, 0.2) is 0 Å².